The van der Waals surface area contributed by atoms with Crippen molar-refractivity contribution in [3.63, 3.8) is 0 Å². The minimum Gasteiger partial charge on any atom is -0.465 e. The second kappa shape index (κ2) is 4.83. The van der Waals surface area contributed by atoms with Crippen LogP contribution in [0.5, 0.6) is 0 Å². The van der Waals surface area contributed by atoms with Crippen molar-refractivity contribution in [1.82, 2.24) is 0 Å². The van der Waals surface area contributed by atoms with Gasteiger partial charge in [-0.15, -0.1) is 0 Å². The number of nitrogens with zero attached hydrogens (tertiary/aromatic N) is 2. The number of anilines is 1. The normalized spacial score (nSPS) is 9.94. The van der Waals surface area contributed by atoms with Crippen molar-refractivity contribution in [1.29, 1.82) is 0 Å². The first-order chi connectivity index (χ1) is 7.34. The molecule has 0 unspecified atom stereocenters. The summed E-state index contributed by atoms with van der Waals surface area (Å²) in [5.74, 6) is 0. The van der Waals surface area contributed by atoms with Crippen molar-refractivity contribution in [2.45, 2.75) is 0 Å². The Bertz CT molecular complexity index is 466. The molecule has 86 valence electrons. The van der Waals surface area contributed by atoms with Gasteiger partial charge in [0, 0.05) is 16.7 Å². The number of halogens is 2. The molecule has 16 heavy (non-hydrogen) atoms. The topological polar surface area (TPSA) is 83.7 Å². The highest BCUT2D eigenvalue weighted by atomic mass is 127. The maximum atomic E-state index is 10.7. The Morgan fingerprint density at radius 1 is 1.62 bits per heavy atom. The van der Waals surface area contributed by atoms with Gasteiger partial charge in [0.25, 0.3) is 5.69 Å². The van der Waals surface area contributed by atoms with E-state index in [0.29, 0.717) is 9.26 Å². The summed E-state index contributed by atoms with van der Waals surface area (Å²) in [6.07, 6.45) is -1.16. The molecule has 0 aliphatic carbocycles. The Kier molecular flexibility index (Phi) is 3.92. The van der Waals surface area contributed by atoms with E-state index in [0.717, 1.165) is 4.90 Å². The average Bonchev–Trinajstić information content (AvgIpc) is 2.19. The van der Waals surface area contributed by atoms with Crippen LogP contribution in [0.1, 0.15) is 0 Å². The summed E-state index contributed by atoms with van der Waals surface area (Å²) in [7, 11) is 1.34. The van der Waals surface area contributed by atoms with Gasteiger partial charge in [-0.3, -0.25) is 15.0 Å². The quantitative estimate of drug-likeness (QED) is 0.502. The molecule has 1 aromatic carbocycles. The minimum absolute atomic E-state index is 0.0893. The smallest absolute Gasteiger partial charge is 0.411 e. The number of hydrogen-bond acceptors (Lipinski definition) is 3. The highest BCUT2D eigenvalue weighted by Gasteiger charge is 2.19. The fourth-order valence-corrected chi connectivity index (χ4v) is 2.07. The largest absolute Gasteiger partial charge is 0.465 e. The van der Waals surface area contributed by atoms with Crippen LogP contribution in [0.3, 0.4) is 0 Å². The van der Waals surface area contributed by atoms with E-state index in [4.69, 9.17) is 16.7 Å². The number of hydrogen-bond donors (Lipinski definition) is 1. The van der Waals surface area contributed by atoms with Crippen molar-refractivity contribution in [3.05, 3.63) is 30.8 Å². The SMILES string of the molecule is CN(C(=O)O)c1cc(Cl)c([N+](=O)[O-])cc1I. The van der Waals surface area contributed by atoms with Gasteiger partial charge in [0.15, 0.2) is 0 Å². The van der Waals surface area contributed by atoms with E-state index in [2.05, 4.69) is 0 Å². The standard InChI is InChI=1S/C8H6ClIN2O4/c1-11(8(13)14)7-2-4(9)6(12(15)16)3-5(7)10/h2-3H,1H3,(H,13,14). The number of amides is 1. The third kappa shape index (κ3) is 2.53. The van der Waals surface area contributed by atoms with Crippen molar-refractivity contribution < 1.29 is 14.8 Å². The summed E-state index contributed by atoms with van der Waals surface area (Å²) < 4.78 is 0.443. The van der Waals surface area contributed by atoms with Gasteiger partial charge in [-0.2, -0.15) is 0 Å². The number of carbonyl (C=O) groups is 1. The lowest BCUT2D eigenvalue weighted by Crippen LogP contribution is -2.24. The third-order valence-electron chi connectivity index (χ3n) is 1.86. The van der Waals surface area contributed by atoms with Gasteiger partial charge >= 0.3 is 6.09 Å². The number of nitro benzene ring substituents is 1. The number of rotatable bonds is 2. The molecule has 0 saturated heterocycles. The van der Waals surface area contributed by atoms with Crippen LogP contribution in [0.25, 0.3) is 0 Å². The van der Waals surface area contributed by atoms with Gasteiger partial charge in [0.05, 0.1) is 10.6 Å². The molecular weight excluding hydrogens is 350 g/mol. The van der Waals surface area contributed by atoms with Crippen LogP contribution in [0.15, 0.2) is 12.1 Å². The lowest BCUT2D eigenvalue weighted by molar-refractivity contribution is -0.384. The summed E-state index contributed by atoms with van der Waals surface area (Å²) in [6, 6.07) is 2.49. The van der Waals surface area contributed by atoms with E-state index in [1.54, 1.807) is 0 Å². The Morgan fingerprint density at radius 3 is 2.62 bits per heavy atom. The summed E-state index contributed by atoms with van der Waals surface area (Å²) in [5.41, 5.74) is 0.0669. The lowest BCUT2D eigenvalue weighted by Gasteiger charge is -2.15. The minimum atomic E-state index is -1.16. The summed E-state index contributed by atoms with van der Waals surface area (Å²) in [5, 5.41) is 19.3. The molecule has 8 heteroatoms. The molecule has 1 amide bonds. The van der Waals surface area contributed by atoms with Crippen molar-refractivity contribution in [2.24, 2.45) is 0 Å². The highest BCUT2D eigenvalue weighted by Crippen LogP contribution is 2.33. The van der Waals surface area contributed by atoms with E-state index in [9.17, 15) is 14.9 Å². The first kappa shape index (κ1) is 13.0. The van der Waals surface area contributed by atoms with Crippen LogP contribution in [0.4, 0.5) is 16.2 Å². The molecule has 0 radical (unpaired) electrons. The van der Waals surface area contributed by atoms with E-state index < -0.39 is 11.0 Å². The molecule has 0 aromatic heterocycles. The molecule has 0 aliphatic heterocycles. The molecule has 1 N–H and O–H groups in total. The van der Waals surface area contributed by atoms with E-state index in [1.807, 2.05) is 22.6 Å². The molecule has 0 saturated carbocycles. The molecule has 1 rings (SSSR count). The summed E-state index contributed by atoms with van der Waals surface area (Å²) >= 11 is 7.50. The molecular formula is C8H6ClIN2O4. The predicted octanol–water partition coefficient (Wildman–Crippen LogP) is 2.97. The second-order valence-electron chi connectivity index (χ2n) is 2.85. The zero-order chi connectivity index (χ0) is 12.5. The van der Waals surface area contributed by atoms with Gasteiger partial charge in [0.2, 0.25) is 0 Å². The van der Waals surface area contributed by atoms with E-state index >= 15 is 0 Å². The Labute approximate surface area is 109 Å². The van der Waals surface area contributed by atoms with Crippen molar-refractivity contribution in [3.8, 4) is 0 Å². The number of carboxylic acid groups (broad SMARTS) is 1. The average molecular weight is 357 g/mol. The number of benzene rings is 1. The van der Waals surface area contributed by atoms with Crippen LogP contribution in [0, 0.1) is 13.7 Å². The maximum Gasteiger partial charge on any atom is 0.411 e. The van der Waals surface area contributed by atoms with Gasteiger partial charge < -0.3 is 5.11 Å². The van der Waals surface area contributed by atoms with E-state index in [-0.39, 0.29) is 10.7 Å². The molecule has 6 nitrogen and oxygen atoms in total. The predicted molar refractivity (Wildman–Crippen MR) is 67.3 cm³/mol. The molecule has 0 atom stereocenters. The molecule has 0 fully saturated rings. The fourth-order valence-electron chi connectivity index (χ4n) is 1.03. The fraction of sp³-hybridized carbons (Fsp3) is 0.125. The van der Waals surface area contributed by atoms with Crippen LogP contribution >= 0.6 is 34.2 Å². The molecule has 1 aromatic rings. The summed E-state index contributed by atoms with van der Waals surface area (Å²) in [4.78, 5) is 21.6. The van der Waals surface area contributed by atoms with Gasteiger partial charge in [-0.1, -0.05) is 11.6 Å². The first-order valence-electron chi connectivity index (χ1n) is 3.94. The lowest BCUT2D eigenvalue weighted by atomic mass is 10.2. The number of nitro groups is 1. The van der Waals surface area contributed by atoms with Crippen LogP contribution < -0.4 is 4.90 Å². The van der Waals surface area contributed by atoms with E-state index in [1.165, 1.54) is 19.2 Å². The van der Waals surface area contributed by atoms with Gasteiger partial charge in [-0.25, -0.2) is 4.79 Å². The zero-order valence-corrected chi connectivity index (χ0v) is 10.9. The van der Waals surface area contributed by atoms with Gasteiger partial charge in [0.1, 0.15) is 5.02 Å². The molecule has 0 aliphatic rings. The molecule has 0 heterocycles. The second-order valence-corrected chi connectivity index (χ2v) is 4.42. The maximum absolute atomic E-state index is 10.7. The van der Waals surface area contributed by atoms with Crippen molar-refractivity contribution >= 4 is 51.7 Å². The molecule has 0 spiro atoms. The summed E-state index contributed by atoms with van der Waals surface area (Å²) in [6.45, 7) is 0. The zero-order valence-electron chi connectivity index (χ0n) is 7.98. The van der Waals surface area contributed by atoms with Crippen molar-refractivity contribution in [2.75, 3.05) is 11.9 Å². The third-order valence-corrected chi connectivity index (χ3v) is 3.03. The van der Waals surface area contributed by atoms with Crippen LogP contribution in [0.2, 0.25) is 5.02 Å². The first-order valence-corrected chi connectivity index (χ1v) is 5.40. The Hall–Kier alpha value is -1.09. The monoisotopic (exact) mass is 356 g/mol. The van der Waals surface area contributed by atoms with Crippen LogP contribution in [-0.2, 0) is 0 Å². The highest BCUT2D eigenvalue weighted by molar-refractivity contribution is 14.1. The van der Waals surface area contributed by atoms with Gasteiger partial charge in [-0.05, 0) is 28.7 Å². The molecule has 0 bridgehead atoms. The Balaban J connectivity index is 3.31. The van der Waals surface area contributed by atoms with Crippen LogP contribution in [-0.4, -0.2) is 23.2 Å². The Morgan fingerprint density at radius 2 is 2.19 bits per heavy atom.